The summed E-state index contributed by atoms with van der Waals surface area (Å²) >= 11 is 0. The third kappa shape index (κ3) is 23.4. The Morgan fingerprint density at radius 1 is 0.422 bits per heavy atom. The molecular weight excluding hydrogens is 1100 g/mol. The molecule has 0 fully saturated rings. The Balaban J connectivity index is 0.000000192. The summed E-state index contributed by atoms with van der Waals surface area (Å²) in [6.07, 6.45) is 14.0. The minimum absolute atomic E-state index is 0.0502. The van der Waals surface area contributed by atoms with Gasteiger partial charge >= 0.3 is 0 Å². The number of nitrogens with one attached hydrogen (secondary N) is 3. The average molecular weight is 1210 g/mol. The molecule has 3 N–H and O–H groups in total. The van der Waals surface area contributed by atoms with E-state index in [1.54, 1.807) is 0 Å². The summed E-state index contributed by atoms with van der Waals surface area (Å²) in [4.78, 5) is 34.2. The molecule has 11 rings (SSSR count). The highest BCUT2D eigenvalue weighted by Crippen LogP contribution is 2.30. The number of rotatable bonds is 2. The highest BCUT2D eigenvalue weighted by atomic mass is 15.1. The molecule has 1 aliphatic rings. The van der Waals surface area contributed by atoms with Crippen molar-refractivity contribution < 1.29 is 0 Å². The van der Waals surface area contributed by atoms with Crippen LogP contribution in [0.1, 0.15) is 218 Å². The second-order valence-electron chi connectivity index (χ2n) is 31.8. The second-order valence-corrected chi connectivity index (χ2v) is 31.8. The Bertz CT molecular complexity index is 3640. The van der Waals surface area contributed by atoms with Gasteiger partial charge in [0.25, 0.3) is 0 Å². The summed E-state index contributed by atoms with van der Waals surface area (Å²) in [5.41, 5.74) is 21.0. The van der Waals surface area contributed by atoms with E-state index in [1.165, 1.54) is 61.0 Å². The van der Waals surface area contributed by atoms with Crippen molar-refractivity contribution >= 4 is 33.1 Å². The Morgan fingerprint density at radius 2 is 0.956 bits per heavy atom. The Labute approximate surface area is 544 Å². The number of aromatic amines is 3. The van der Waals surface area contributed by atoms with Crippen LogP contribution in [0.2, 0.25) is 0 Å². The number of H-pyrrole nitrogens is 3. The first-order chi connectivity index (χ1) is 41.6. The van der Waals surface area contributed by atoms with Gasteiger partial charge in [-0.15, -0.1) is 0 Å². The van der Waals surface area contributed by atoms with E-state index in [1.807, 2.05) is 44.0 Å². The molecule has 0 atom stereocenters. The average Bonchev–Trinajstić information content (AvgIpc) is 1.76. The van der Waals surface area contributed by atoms with Gasteiger partial charge in [0, 0.05) is 78.1 Å². The third-order valence-corrected chi connectivity index (χ3v) is 15.3. The van der Waals surface area contributed by atoms with Gasteiger partial charge in [-0.3, -0.25) is 14.9 Å². The van der Waals surface area contributed by atoms with Gasteiger partial charge in [-0.05, 0) is 148 Å². The van der Waals surface area contributed by atoms with Gasteiger partial charge < -0.3 is 15.0 Å². The Hall–Kier alpha value is -7.49. The number of hydrogen-bond donors (Lipinski definition) is 3. The van der Waals surface area contributed by atoms with Crippen LogP contribution in [0.5, 0.6) is 0 Å². The second kappa shape index (κ2) is 30.5. The van der Waals surface area contributed by atoms with Crippen molar-refractivity contribution in [2.24, 2.45) is 0 Å². The highest BCUT2D eigenvalue weighted by Gasteiger charge is 2.21. The first kappa shape index (κ1) is 73.2. The monoisotopic (exact) mass is 1210 g/mol. The lowest BCUT2D eigenvalue weighted by atomic mass is 9.86. The predicted octanol–water partition coefficient (Wildman–Crippen LogP) is 21.2. The maximum atomic E-state index is 4.57. The molecule has 0 radical (unpaired) electrons. The van der Waals surface area contributed by atoms with E-state index >= 15 is 0 Å². The van der Waals surface area contributed by atoms with Crippen LogP contribution in [-0.2, 0) is 44.4 Å². The smallest absolute Gasteiger partial charge is 0.177 e. The molecule has 482 valence electrons. The van der Waals surface area contributed by atoms with Crippen LogP contribution < -0.4 is 0 Å². The number of imidazole rings is 2. The molecule has 10 aromatic rings. The van der Waals surface area contributed by atoms with Crippen LogP contribution in [-0.4, -0.2) is 57.9 Å². The van der Waals surface area contributed by atoms with E-state index in [0.29, 0.717) is 0 Å². The Kier molecular flexibility index (Phi) is 24.9. The lowest BCUT2D eigenvalue weighted by Gasteiger charge is -2.21. The molecule has 9 heteroatoms. The summed E-state index contributed by atoms with van der Waals surface area (Å²) in [6, 6.07) is 41.0. The van der Waals surface area contributed by atoms with E-state index in [-0.39, 0.29) is 37.9 Å². The normalized spacial score (nSPS) is 12.9. The largest absolute Gasteiger partial charge is 0.361 e. The van der Waals surface area contributed by atoms with Gasteiger partial charge in [0.2, 0.25) is 0 Å². The number of nitrogens with zero attached hydrogens (tertiary/aromatic N) is 6. The summed E-state index contributed by atoms with van der Waals surface area (Å²) in [6.45, 7) is 59.9. The molecule has 6 aromatic heterocycles. The molecule has 0 saturated heterocycles. The van der Waals surface area contributed by atoms with Crippen molar-refractivity contribution in [2.75, 3.05) is 13.1 Å². The fraction of sp³-hybridized carbons (Fsp3) is 0.444. The van der Waals surface area contributed by atoms with E-state index in [0.717, 1.165) is 64.7 Å². The topological polar surface area (TPSA) is 115 Å². The molecule has 4 aromatic carbocycles. The zero-order valence-electron chi connectivity index (χ0n) is 60.3. The maximum Gasteiger partial charge on any atom is 0.177 e. The van der Waals surface area contributed by atoms with Gasteiger partial charge in [-0.1, -0.05) is 242 Å². The molecule has 0 aliphatic carbocycles. The lowest BCUT2D eigenvalue weighted by Crippen LogP contribution is -2.19. The van der Waals surface area contributed by atoms with Crippen LogP contribution in [0.3, 0.4) is 0 Å². The van der Waals surface area contributed by atoms with Gasteiger partial charge in [-0.25, -0.2) is 15.0 Å². The minimum atomic E-state index is 0.0502. The number of aromatic nitrogens is 8. The molecule has 0 spiro atoms. The van der Waals surface area contributed by atoms with Crippen molar-refractivity contribution in [2.45, 2.75) is 224 Å². The van der Waals surface area contributed by atoms with Crippen molar-refractivity contribution in [1.82, 2.24) is 44.8 Å². The molecule has 0 saturated carbocycles. The molecule has 0 amide bonds. The standard InChI is InChI=1S/C15H21N.C12H16N2.C12H15N.C11H15N3.C11H16.2C10H15N/c1-15(2,3)14-8-6-7-13(11-14)12-16-9-4-5-10-16;1-8-5-6-9-10(7-8)14-11(13-9)12(2,3)4;1-12(2,3)10-6-4-5-9-7-8-13-11(9)10;1-7-5-8-9(12-6-7)14-10(13-8)11(2,3)4;1-9-6-5-7-10(8-9)11(2,3)4;1-8-5-9(7-11-6-8)10(2,3)4;1-8-5-6-11-9(7-8)10(2,3)4/h4-8,11H,9-10,12H2,1-3H3;5-7H,1-4H3,(H,13,14);4-8,13H,1-3H3;5-6H,1-4H3,(H,12,13,14);5-8H,1-4H3;2*5-7H,1-4H3. The van der Waals surface area contributed by atoms with Crippen LogP contribution >= 0.6 is 0 Å². The fourth-order valence-electron chi connectivity index (χ4n) is 9.62. The first-order valence-electron chi connectivity index (χ1n) is 32.3. The first-order valence-corrected chi connectivity index (χ1v) is 32.3. The molecule has 90 heavy (non-hydrogen) atoms. The van der Waals surface area contributed by atoms with Gasteiger partial charge in [0.15, 0.2) is 5.65 Å². The number of hydrogen-bond acceptors (Lipinski definition) is 6. The lowest BCUT2D eigenvalue weighted by molar-refractivity contribution is 0.345. The van der Waals surface area contributed by atoms with E-state index in [4.69, 9.17) is 0 Å². The number of para-hydroxylation sites is 1. The zero-order chi connectivity index (χ0) is 67.2. The molecule has 0 bridgehead atoms. The van der Waals surface area contributed by atoms with Crippen LogP contribution in [0.15, 0.2) is 158 Å². The molecular formula is C81H113N9. The fourth-order valence-corrected chi connectivity index (χ4v) is 9.62. The SMILES string of the molecule is CC(C)(C)c1cccc(CN2CC=CC2)c1.CC(C)(C)c1cccc2cc[nH]c12.Cc1ccc2nc(C(C)(C)C)[nH]c2c1.Cc1cccc(C(C)(C)C)c1.Cc1ccnc(C(C)(C)C)c1.Cc1cnc2nc(C(C)(C)C)[nH]c2c1.Cc1cncc(C(C)(C)C)c1. The number of pyridine rings is 3. The van der Waals surface area contributed by atoms with Crippen molar-refractivity contribution in [1.29, 1.82) is 0 Å². The van der Waals surface area contributed by atoms with Crippen LogP contribution in [0, 0.1) is 34.6 Å². The summed E-state index contributed by atoms with van der Waals surface area (Å²) in [5, 5.41) is 1.30. The van der Waals surface area contributed by atoms with E-state index in [9.17, 15) is 0 Å². The zero-order valence-corrected chi connectivity index (χ0v) is 60.3. The predicted molar refractivity (Wildman–Crippen MR) is 389 cm³/mol. The Morgan fingerprint density at radius 3 is 1.49 bits per heavy atom. The van der Waals surface area contributed by atoms with E-state index in [2.05, 4.69) is 339 Å². The van der Waals surface area contributed by atoms with Crippen LogP contribution in [0.4, 0.5) is 0 Å². The minimum Gasteiger partial charge on any atom is -0.361 e. The molecule has 0 unspecified atom stereocenters. The van der Waals surface area contributed by atoms with Gasteiger partial charge in [-0.2, -0.15) is 0 Å². The van der Waals surface area contributed by atoms with Gasteiger partial charge in [0.1, 0.15) is 11.6 Å². The molecule has 7 heterocycles. The van der Waals surface area contributed by atoms with Crippen LogP contribution in [0.25, 0.3) is 33.1 Å². The quantitative estimate of drug-likeness (QED) is 0.149. The van der Waals surface area contributed by atoms with E-state index < -0.39 is 0 Å². The highest BCUT2D eigenvalue weighted by molar-refractivity contribution is 5.83. The third-order valence-electron chi connectivity index (χ3n) is 15.3. The number of benzene rings is 4. The van der Waals surface area contributed by atoms with Crippen molar-refractivity contribution in [3.05, 3.63) is 231 Å². The summed E-state index contributed by atoms with van der Waals surface area (Å²) < 4.78 is 0. The summed E-state index contributed by atoms with van der Waals surface area (Å²) in [7, 11) is 0. The van der Waals surface area contributed by atoms with Gasteiger partial charge in [0.05, 0.1) is 16.6 Å². The molecule has 9 nitrogen and oxygen atoms in total. The number of fused-ring (bicyclic) bond motifs is 3. The van der Waals surface area contributed by atoms with Crippen molar-refractivity contribution in [3.63, 3.8) is 0 Å². The van der Waals surface area contributed by atoms with Crippen molar-refractivity contribution in [3.8, 4) is 0 Å². The molecule has 1 aliphatic heterocycles. The number of aryl methyl sites for hydroxylation is 5. The summed E-state index contributed by atoms with van der Waals surface area (Å²) in [5.74, 6) is 2.05. The maximum absolute atomic E-state index is 4.57.